The zero-order valence-electron chi connectivity index (χ0n) is 11.6. The van der Waals surface area contributed by atoms with Gasteiger partial charge in [0.15, 0.2) is 15.7 Å². The minimum Gasteiger partial charge on any atom is -0.307 e. The molecule has 2 unspecified atom stereocenters. The van der Waals surface area contributed by atoms with Crippen LogP contribution in [0.25, 0.3) is 0 Å². The SMILES string of the molecule is CC(C)CNC(C)c1nnnn1C1CCS(=O)(=O)C1. The number of hydrogen-bond donors (Lipinski definition) is 1. The molecule has 1 aromatic heterocycles. The lowest BCUT2D eigenvalue weighted by Crippen LogP contribution is -2.27. The van der Waals surface area contributed by atoms with Gasteiger partial charge in [-0.25, -0.2) is 13.1 Å². The Hall–Kier alpha value is -1.02. The molecule has 1 N–H and O–H groups in total. The van der Waals surface area contributed by atoms with Crippen LogP contribution in [0.15, 0.2) is 0 Å². The fourth-order valence-electron chi connectivity index (χ4n) is 2.22. The molecule has 0 aromatic carbocycles. The van der Waals surface area contributed by atoms with E-state index in [-0.39, 0.29) is 23.6 Å². The number of nitrogens with one attached hydrogen (secondary N) is 1. The summed E-state index contributed by atoms with van der Waals surface area (Å²) in [5.74, 6) is 1.62. The van der Waals surface area contributed by atoms with Gasteiger partial charge in [-0.15, -0.1) is 5.10 Å². The Balaban J connectivity index is 2.09. The number of sulfone groups is 1. The quantitative estimate of drug-likeness (QED) is 0.840. The number of nitrogens with zero attached hydrogens (tertiary/aromatic N) is 4. The van der Waals surface area contributed by atoms with Crippen LogP contribution in [0.1, 0.15) is 45.1 Å². The molecule has 1 aliphatic rings. The Bertz CT molecular complexity index is 525. The first-order valence-electron chi connectivity index (χ1n) is 6.60. The van der Waals surface area contributed by atoms with Crippen LogP contribution in [-0.4, -0.2) is 46.7 Å². The van der Waals surface area contributed by atoms with E-state index in [1.165, 1.54) is 0 Å². The summed E-state index contributed by atoms with van der Waals surface area (Å²) in [6.07, 6.45) is 0.595. The van der Waals surface area contributed by atoms with E-state index in [0.29, 0.717) is 18.2 Å². The topological polar surface area (TPSA) is 89.8 Å². The van der Waals surface area contributed by atoms with Crippen molar-refractivity contribution < 1.29 is 8.42 Å². The van der Waals surface area contributed by atoms with Crippen LogP contribution in [0.2, 0.25) is 0 Å². The second-order valence-electron chi connectivity index (χ2n) is 5.56. The van der Waals surface area contributed by atoms with Crippen molar-refractivity contribution in [2.75, 3.05) is 18.1 Å². The summed E-state index contributed by atoms with van der Waals surface area (Å²) in [5, 5.41) is 15.0. The molecule has 2 heterocycles. The van der Waals surface area contributed by atoms with Crippen LogP contribution >= 0.6 is 0 Å². The van der Waals surface area contributed by atoms with Gasteiger partial charge >= 0.3 is 0 Å². The Labute approximate surface area is 113 Å². The summed E-state index contributed by atoms with van der Waals surface area (Å²) >= 11 is 0. The van der Waals surface area contributed by atoms with E-state index < -0.39 is 9.84 Å². The lowest BCUT2D eigenvalue weighted by Gasteiger charge is -2.17. The number of tetrazole rings is 1. The Kier molecular flexibility index (Phi) is 4.19. The summed E-state index contributed by atoms with van der Waals surface area (Å²) in [6.45, 7) is 7.13. The van der Waals surface area contributed by atoms with E-state index in [1.54, 1.807) is 4.68 Å². The Morgan fingerprint density at radius 2 is 2.16 bits per heavy atom. The van der Waals surface area contributed by atoms with E-state index >= 15 is 0 Å². The van der Waals surface area contributed by atoms with Crippen LogP contribution < -0.4 is 5.32 Å². The van der Waals surface area contributed by atoms with Crippen molar-refractivity contribution in [3.63, 3.8) is 0 Å². The maximum Gasteiger partial charge on any atom is 0.168 e. The lowest BCUT2D eigenvalue weighted by molar-refractivity contribution is 0.418. The molecule has 19 heavy (non-hydrogen) atoms. The first-order valence-corrected chi connectivity index (χ1v) is 8.43. The van der Waals surface area contributed by atoms with Crippen molar-refractivity contribution >= 4 is 9.84 Å². The average molecular weight is 287 g/mol. The van der Waals surface area contributed by atoms with Gasteiger partial charge in [0.2, 0.25) is 0 Å². The van der Waals surface area contributed by atoms with Gasteiger partial charge in [0, 0.05) is 0 Å². The van der Waals surface area contributed by atoms with Crippen LogP contribution in [0, 0.1) is 5.92 Å². The van der Waals surface area contributed by atoms with E-state index in [4.69, 9.17) is 0 Å². The van der Waals surface area contributed by atoms with Crippen molar-refractivity contribution in [2.45, 2.75) is 39.3 Å². The predicted molar refractivity (Wildman–Crippen MR) is 71.4 cm³/mol. The highest BCUT2D eigenvalue weighted by Gasteiger charge is 2.32. The fraction of sp³-hybridized carbons (Fsp3) is 0.909. The summed E-state index contributed by atoms with van der Waals surface area (Å²) in [4.78, 5) is 0. The van der Waals surface area contributed by atoms with E-state index in [2.05, 4.69) is 34.7 Å². The Morgan fingerprint density at radius 1 is 1.42 bits per heavy atom. The van der Waals surface area contributed by atoms with Gasteiger partial charge in [-0.2, -0.15) is 0 Å². The van der Waals surface area contributed by atoms with Gasteiger partial charge in [-0.1, -0.05) is 13.8 Å². The number of rotatable bonds is 5. The average Bonchev–Trinajstić information content (AvgIpc) is 2.91. The van der Waals surface area contributed by atoms with Gasteiger partial charge in [0.25, 0.3) is 0 Å². The highest BCUT2D eigenvalue weighted by atomic mass is 32.2. The molecule has 2 atom stereocenters. The second-order valence-corrected chi connectivity index (χ2v) is 7.79. The molecule has 0 saturated carbocycles. The van der Waals surface area contributed by atoms with Crippen LogP contribution in [-0.2, 0) is 9.84 Å². The van der Waals surface area contributed by atoms with Crippen molar-refractivity contribution in [2.24, 2.45) is 5.92 Å². The van der Waals surface area contributed by atoms with Crippen molar-refractivity contribution in [3.05, 3.63) is 5.82 Å². The molecule has 2 rings (SSSR count). The maximum atomic E-state index is 11.5. The molecular weight excluding hydrogens is 266 g/mol. The first kappa shape index (κ1) is 14.4. The molecule has 0 aliphatic carbocycles. The predicted octanol–water partition coefficient (Wildman–Crippen LogP) is 0.339. The highest BCUT2D eigenvalue weighted by molar-refractivity contribution is 7.91. The van der Waals surface area contributed by atoms with E-state index in [9.17, 15) is 8.42 Å². The lowest BCUT2D eigenvalue weighted by atomic mass is 10.2. The van der Waals surface area contributed by atoms with Gasteiger partial charge in [0.1, 0.15) is 0 Å². The van der Waals surface area contributed by atoms with Gasteiger partial charge in [-0.05, 0) is 36.2 Å². The summed E-state index contributed by atoms with van der Waals surface area (Å²) in [5.41, 5.74) is 0. The highest BCUT2D eigenvalue weighted by Crippen LogP contribution is 2.25. The number of hydrogen-bond acceptors (Lipinski definition) is 6. The summed E-state index contributed by atoms with van der Waals surface area (Å²) < 4.78 is 24.7. The molecule has 0 bridgehead atoms. The third-order valence-corrected chi connectivity index (χ3v) is 5.04. The monoisotopic (exact) mass is 287 g/mol. The van der Waals surface area contributed by atoms with E-state index in [1.807, 2.05) is 6.92 Å². The number of aromatic nitrogens is 4. The molecule has 108 valence electrons. The first-order chi connectivity index (χ1) is 8.89. The van der Waals surface area contributed by atoms with Gasteiger partial charge in [0.05, 0.1) is 23.6 Å². The molecule has 1 aromatic rings. The molecule has 1 aliphatic heterocycles. The van der Waals surface area contributed by atoms with Crippen LogP contribution in [0.4, 0.5) is 0 Å². The fourth-order valence-corrected chi connectivity index (χ4v) is 3.91. The second kappa shape index (κ2) is 5.54. The minimum atomic E-state index is -2.93. The van der Waals surface area contributed by atoms with Crippen molar-refractivity contribution in [1.82, 2.24) is 25.5 Å². The maximum absolute atomic E-state index is 11.5. The largest absolute Gasteiger partial charge is 0.307 e. The minimum absolute atomic E-state index is 0.0145. The Morgan fingerprint density at radius 3 is 2.74 bits per heavy atom. The zero-order chi connectivity index (χ0) is 14.0. The molecule has 1 saturated heterocycles. The third-order valence-electron chi connectivity index (χ3n) is 3.29. The zero-order valence-corrected chi connectivity index (χ0v) is 12.4. The molecule has 0 radical (unpaired) electrons. The van der Waals surface area contributed by atoms with Gasteiger partial charge in [-0.3, -0.25) is 0 Å². The van der Waals surface area contributed by atoms with Crippen LogP contribution in [0.5, 0.6) is 0 Å². The standard InChI is InChI=1S/C11H21N5O2S/c1-8(2)6-12-9(3)11-13-14-15-16(11)10-4-5-19(17,18)7-10/h8-10,12H,4-7H2,1-3H3. The van der Waals surface area contributed by atoms with Crippen molar-refractivity contribution in [1.29, 1.82) is 0 Å². The van der Waals surface area contributed by atoms with Crippen molar-refractivity contribution in [3.8, 4) is 0 Å². The summed E-state index contributed by atoms with van der Waals surface area (Å²) in [6, 6.07) is -0.112. The molecule has 8 heteroatoms. The van der Waals surface area contributed by atoms with Gasteiger partial charge < -0.3 is 5.32 Å². The van der Waals surface area contributed by atoms with Crippen LogP contribution in [0.3, 0.4) is 0 Å². The smallest absolute Gasteiger partial charge is 0.168 e. The molecule has 7 nitrogen and oxygen atoms in total. The molecule has 1 fully saturated rings. The normalized spacial score (nSPS) is 23.9. The summed E-state index contributed by atoms with van der Waals surface area (Å²) in [7, 11) is -2.93. The molecule has 0 spiro atoms. The van der Waals surface area contributed by atoms with E-state index in [0.717, 1.165) is 6.54 Å². The molecule has 0 amide bonds. The third kappa shape index (κ3) is 3.50. The molecular formula is C11H21N5O2S.